The molecule has 1 heterocycles. The Morgan fingerprint density at radius 2 is 1.08 bits per heavy atom. The number of benzene rings is 1. The largest absolute Gasteiger partial charge is 0.480 e. The van der Waals surface area contributed by atoms with Crippen molar-refractivity contribution in [2.75, 3.05) is 39.6 Å². The number of carboxylic acid groups (broad SMARTS) is 1. The van der Waals surface area contributed by atoms with Gasteiger partial charge in [-0.1, -0.05) is 30.3 Å². The Hall–Kier alpha value is -5.83. The Morgan fingerprint density at radius 3 is 1.52 bits per heavy atom. The van der Waals surface area contributed by atoms with Gasteiger partial charge in [0.05, 0.1) is 39.1 Å². The van der Waals surface area contributed by atoms with Crippen LogP contribution in [-0.2, 0) is 49.6 Å². The Labute approximate surface area is 348 Å². The van der Waals surface area contributed by atoms with Gasteiger partial charge in [-0.25, -0.2) is 4.79 Å². The maximum absolute atomic E-state index is 13.1. The van der Waals surface area contributed by atoms with Crippen molar-refractivity contribution in [1.29, 1.82) is 0 Å². The van der Waals surface area contributed by atoms with Crippen LogP contribution in [0, 0.1) is 0 Å². The standard InChI is InChI=1S/C36H55N9O16/c1-17(28(52)40-23(14-48)31(55)42-24(15-49)30(54)39-21(36(60)61)11-19-7-4-3-5-8-19)38-29(53)22(13-47)41-32(56)25(16-50)43-34(58)27(18(2)51)44-33(57)26-9-6-10-45(26)35(59)20(37)12-46/h3-5,7-8,17-18,20-27,46-51H,6,9-16,37H2,1-2H3,(H,38,53)(H,39,54)(H,40,52)(H,41,56)(H,42,55)(H,43,58)(H,44,57)(H,60,61)/t17-,18+,20-,21-,22-,23-,24-,25-,26-,27-/m0/s1. The molecule has 0 aromatic heterocycles. The number of carbonyl (C=O) groups is 9. The van der Waals surface area contributed by atoms with Crippen molar-refractivity contribution in [1.82, 2.24) is 42.1 Å². The number of aliphatic carboxylic acids is 1. The Bertz CT molecular complexity index is 1700. The quantitative estimate of drug-likeness (QED) is 0.0459. The highest BCUT2D eigenvalue weighted by Crippen LogP contribution is 2.19. The minimum absolute atomic E-state index is 0.131. The molecule has 1 aromatic rings. The molecule has 61 heavy (non-hydrogen) atoms. The highest BCUT2D eigenvalue weighted by atomic mass is 16.4. The summed E-state index contributed by atoms with van der Waals surface area (Å²) in [6.07, 6.45) is -1.14. The van der Waals surface area contributed by atoms with Gasteiger partial charge in [0.1, 0.15) is 54.4 Å². The van der Waals surface area contributed by atoms with Crippen molar-refractivity contribution < 1.29 is 78.9 Å². The smallest absolute Gasteiger partial charge is 0.326 e. The molecule has 0 unspecified atom stereocenters. The Kier molecular flexibility index (Phi) is 21.1. The fraction of sp³-hybridized carbons (Fsp3) is 0.583. The van der Waals surface area contributed by atoms with E-state index in [4.69, 9.17) is 5.73 Å². The first-order valence-electron chi connectivity index (χ1n) is 19.0. The average molecular weight is 870 g/mol. The van der Waals surface area contributed by atoms with Crippen LogP contribution in [0.2, 0.25) is 0 Å². The van der Waals surface area contributed by atoms with Crippen molar-refractivity contribution in [3.63, 3.8) is 0 Å². The summed E-state index contributed by atoms with van der Waals surface area (Å²) >= 11 is 0. The number of carbonyl (C=O) groups excluding carboxylic acids is 8. The number of aliphatic hydroxyl groups is 6. The van der Waals surface area contributed by atoms with Gasteiger partial charge in [-0.15, -0.1) is 0 Å². The summed E-state index contributed by atoms with van der Waals surface area (Å²) in [5, 5.41) is 83.3. The predicted molar refractivity (Wildman–Crippen MR) is 207 cm³/mol. The van der Waals surface area contributed by atoms with Crippen molar-refractivity contribution in [2.45, 2.75) is 93.6 Å². The molecule has 2 rings (SSSR count). The van der Waals surface area contributed by atoms with Gasteiger partial charge in [-0.05, 0) is 32.3 Å². The number of hydrogen-bond acceptors (Lipinski definition) is 16. The molecule has 0 spiro atoms. The van der Waals surface area contributed by atoms with Gasteiger partial charge in [-0.3, -0.25) is 38.4 Å². The number of amides is 8. The molecule has 1 aliphatic rings. The topological polar surface area (TPSA) is 409 Å². The van der Waals surface area contributed by atoms with Crippen LogP contribution < -0.4 is 43.0 Å². The van der Waals surface area contributed by atoms with E-state index in [1.54, 1.807) is 30.3 Å². The molecule has 25 heteroatoms. The zero-order valence-corrected chi connectivity index (χ0v) is 33.4. The molecule has 1 saturated heterocycles. The summed E-state index contributed by atoms with van der Waals surface area (Å²) in [6.45, 7) is -2.53. The third kappa shape index (κ3) is 15.3. The normalized spacial score (nSPS) is 18.0. The molecule has 0 saturated carbocycles. The van der Waals surface area contributed by atoms with E-state index < -0.39 is 147 Å². The molecule has 0 radical (unpaired) electrons. The maximum Gasteiger partial charge on any atom is 0.326 e. The lowest BCUT2D eigenvalue weighted by atomic mass is 10.1. The number of rotatable bonds is 24. The first-order chi connectivity index (χ1) is 28.8. The number of carboxylic acids is 1. The SMILES string of the molecule is C[C@H](NC(=O)[C@H](CO)NC(=O)[C@H](CO)NC(=O)[C@@H](NC(=O)[C@@H]1CCCN1C(=O)[C@@H](N)CO)[C@@H](C)O)C(=O)N[C@@H](CO)C(=O)N[C@@H](CO)C(=O)N[C@@H](Cc1ccccc1)C(=O)O. The molecule has 1 aromatic carbocycles. The van der Waals surface area contributed by atoms with Crippen LogP contribution >= 0.6 is 0 Å². The van der Waals surface area contributed by atoms with E-state index in [2.05, 4.69) is 37.2 Å². The lowest BCUT2D eigenvalue weighted by Crippen LogP contribution is -2.62. The van der Waals surface area contributed by atoms with Crippen LogP contribution in [-0.4, -0.2) is 194 Å². The van der Waals surface area contributed by atoms with Gasteiger partial charge in [-0.2, -0.15) is 0 Å². The van der Waals surface area contributed by atoms with Gasteiger partial charge in [0.25, 0.3) is 0 Å². The first kappa shape index (κ1) is 51.3. The molecular formula is C36H55N9O16. The van der Waals surface area contributed by atoms with E-state index in [-0.39, 0.29) is 19.4 Å². The van der Waals surface area contributed by atoms with E-state index in [0.717, 1.165) is 18.7 Å². The summed E-state index contributed by atoms with van der Waals surface area (Å²) in [5.41, 5.74) is 6.16. The zero-order chi connectivity index (χ0) is 46.0. The second-order valence-corrected chi connectivity index (χ2v) is 14.0. The third-order valence-corrected chi connectivity index (χ3v) is 9.33. The minimum atomic E-state index is -1.83. The summed E-state index contributed by atoms with van der Waals surface area (Å²) in [7, 11) is 0. The third-order valence-electron chi connectivity index (χ3n) is 9.33. The number of nitrogens with one attached hydrogen (secondary N) is 7. The predicted octanol–water partition coefficient (Wildman–Crippen LogP) is -8.61. The fourth-order valence-electron chi connectivity index (χ4n) is 5.83. The summed E-state index contributed by atoms with van der Waals surface area (Å²) in [4.78, 5) is 116. The van der Waals surface area contributed by atoms with Gasteiger partial charge in [0.2, 0.25) is 47.3 Å². The number of nitrogens with two attached hydrogens (primary N) is 1. The number of aliphatic hydroxyl groups excluding tert-OH is 6. The van der Waals surface area contributed by atoms with Crippen LogP contribution in [0.5, 0.6) is 0 Å². The number of nitrogens with zero attached hydrogens (tertiary/aromatic N) is 1. The van der Waals surface area contributed by atoms with E-state index in [0.29, 0.717) is 12.0 Å². The van der Waals surface area contributed by atoms with Crippen LogP contribution in [0.1, 0.15) is 32.3 Å². The van der Waals surface area contributed by atoms with Crippen molar-refractivity contribution >= 4 is 53.2 Å². The van der Waals surface area contributed by atoms with Crippen LogP contribution in [0.15, 0.2) is 30.3 Å². The molecule has 0 bridgehead atoms. The van der Waals surface area contributed by atoms with Crippen molar-refractivity contribution in [3.8, 4) is 0 Å². The summed E-state index contributed by atoms with van der Waals surface area (Å²) in [5.74, 6) is -9.95. The van der Waals surface area contributed by atoms with E-state index in [1.807, 2.05) is 0 Å². The molecule has 0 aliphatic carbocycles. The Morgan fingerprint density at radius 1 is 0.639 bits per heavy atom. The van der Waals surface area contributed by atoms with Gasteiger partial charge >= 0.3 is 5.97 Å². The van der Waals surface area contributed by atoms with Crippen molar-refractivity contribution in [3.05, 3.63) is 35.9 Å². The van der Waals surface area contributed by atoms with E-state index in [1.165, 1.54) is 0 Å². The van der Waals surface area contributed by atoms with Crippen molar-refractivity contribution in [2.24, 2.45) is 5.73 Å². The zero-order valence-electron chi connectivity index (χ0n) is 33.4. The molecule has 16 N–H and O–H groups in total. The van der Waals surface area contributed by atoms with Crippen LogP contribution in [0.25, 0.3) is 0 Å². The number of hydrogen-bond donors (Lipinski definition) is 15. The molecule has 10 atom stereocenters. The molecule has 8 amide bonds. The van der Waals surface area contributed by atoms with Crippen LogP contribution in [0.4, 0.5) is 0 Å². The highest BCUT2D eigenvalue weighted by molar-refractivity contribution is 5.98. The molecule has 1 aliphatic heterocycles. The molecule has 1 fully saturated rings. The summed E-state index contributed by atoms with van der Waals surface area (Å²) < 4.78 is 0. The van der Waals surface area contributed by atoms with Gasteiger partial charge < -0.3 is 83.6 Å². The minimum Gasteiger partial charge on any atom is -0.480 e. The summed E-state index contributed by atoms with van der Waals surface area (Å²) in [6, 6.07) is -5.95. The molecule has 340 valence electrons. The lowest BCUT2D eigenvalue weighted by Gasteiger charge is -2.29. The fourth-order valence-corrected chi connectivity index (χ4v) is 5.83. The lowest BCUT2D eigenvalue weighted by molar-refractivity contribution is -0.142. The first-order valence-corrected chi connectivity index (χ1v) is 19.0. The molecular weight excluding hydrogens is 814 g/mol. The van der Waals surface area contributed by atoms with E-state index in [9.17, 15) is 78.9 Å². The van der Waals surface area contributed by atoms with Gasteiger partial charge in [0, 0.05) is 13.0 Å². The molecule has 25 nitrogen and oxygen atoms in total. The monoisotopic (exact) mass is 869 g/mol. The van der Waals surface area contributed by atoms with Gasteiger partial charge in [0.15, 0.2) is 0 Å². The second kappa shape index (κ2) is 25.1. The average Bonchev–Trinajstić information content (AvgIpc) is 3.74. The Balaban J connectivity index is 1.99. The second-order valence-electron chi connectivity index (χ2n) is 14.0. The maximum atomic E-state index is 13.1. The van der Waals surface area contributed by atoms with Crippen LogP contribution in [0.3, 0.4) is 0 Å². The highest BCUT2D eigenvalue weighted by Gasteiger charge is 2.39. The van der Waals surface area contributed by atoms with E-state index >= 15 is 0 Å². The number of likely N-dealkylation sites (tertiary alicyclic amines) is 1.